The van der Waals surface area contributed by atoms with Crippen LogP contribution in [0.3, 0.4) is 0 Å². The second-order valence-electron chi connectivity index (χ2n) is 6.00. The molecule has 1 heterocycles. The number of amides is 2. The third-order valence-corrected chi connectivity index (χ3v) is 4.73. The van der Waals surface area contributed by atoms with Gasteiger partial charge in [-0.3, -0.25) is 0 Å². The van der Waals surface area contributed by atoms with Gasteiger partial charge in [-0.1, -0.05) is 23.2 Å². The average molecular weight is 410 g/mol. The third-order valence-electron chi connectivity index (χ3n) is 4.20. The number of methoxy groups -OCH3 is 1. The molecular formula is C18H17Cl2N3O4. The molecule has 1 aliphatic rings. The zero-order valence-corrected chi connectivity index (χ0v) is 15.8. The monoisotopic (exact) mass is 409 g/mol. The number of carboxylic acids is 1. The Balaban J connectivity index is 1.80. The maximum absolute atomic E-state index is 12.4. The summed E-state index contributed by atoms with van der Waals surface area (Å²) >= 11 is 12.3. The van der Waals surface area contributed by atoms with Crippen LogP contribution in [0.5, 0.6) is 5.75 Å². The van der Waals surface area contributed by atoms with Crippen molar-refractivity contribution >= 4 is 46.6 Å². The summed E-state index contributed by atoms with van der Waals surface area (Å²) in [7, 11) is 1.55. The molecule has 0 bridgehead atoms. The van der Waals surface area contributed by atoms with Gasteiger partial charge in [0.05, 0.1) is 13.2 Å². The SMILES string of the molecule is COc1ccc(NC(=O)N[C@H]2C[C@H](C(=O)O)Nc3cc(Cl)cc(Cl)c32)cc1. The van der Waals surface area contributed by atoms with Gasteiger partial charge >= 0.3 is 12.0 Å². The maximum atomic E-state index is 12.4. The first-order valence-corrected chi connectivity index (χ1v) is 8.83. The summed E-state index contributed by atoms with van der Waals surface area (Å²) in [5, 5.41) is 18.5. The summed E-state index contributed by atoms with van der Waals surface area (Å²) < 4.78 is 5.08. The van der Waals surface area contributed by atoms with Crippen molar-refractivity contribution < 1.29 is 19.4 Å². The Labute approximate surface area is 165 Å². The molecule has 0 saturated carbocycles. The Kier molecular flexibility index (Phi) is 5.62. The summed E-state index contributed by atoms with van der Waals surface area (Å²) in [6.45, 7) is 0. The standard InChI is InChI=1S/C18H17Cl2N3O4/c1-27-11-4-2-10(3-5-11)21-18(26)23-14-8-15(17(24)25)22-13-7-9(19)6-12(20)16(13)14/h2-7,14-15,22H,8H2,1H3,(H,24,25)(H2,21,23,26)/t14-,15+/m0/s1. The second-order valence-corrected chi connectivity index (χ2v) is 6.84. The van der Waals surface area contributed by atoms with Gasteiger partial charge in [0.2, 0.25) is 0 Å². The first-order chi connectivity index (χ1) is 12.9. The molecule has 3 rings (SSSR count). The average Bonchev–Trinajstić information content (AvgIpc) is 2.61. The number of rotatable bonds is 4. The zero-order valence-electron chi connectivity index (χ0n) is 14.3. The Hall–Kier alpha value is -2.64. The van der Waals surface area contributed by atoms with Crippen molar-refractivity contribution in [3.05, 3.63) is 52.0 Å². The lowest BCUT2D eigenvalue weighted by atomic mass is 9.93. The lowest BCUT2D eigenvalue weighted by Crippen LogP contribution is -2.42. The first kappa shape index (κ1) is 19.1. The van der Waals surface area contributed by atoms with Crippen LogP contribution in [-0.4, -0.2) is 30.3 Å². The summed E-state index contributed by atoms with van der Waals surface area (Å²) in [6.07, 6.45) is 0.139. The molecule has 2 amide bonds. The number of carbonyl (C=O) groups is 2. The predicted octanol–water partition coefficient (Wildman–Crippen LogP) is 4.13. The van der Waals surface area contributed by atoms with Crippen LogP contribution < -0.4 is 20.7 Å². The fourth-order valence-corrected chi connectivity index (χ4v) is 3.58. The fraction of sp³-hybridized carbons (Fsp3) is 0.222. The molecule has 0 spiro atoms. The van der Waals surface area contributed by atoms with E-state index in [2.05, 4.69) is 16.0 Å². The van der Waals surface area contributed by atoms with Crippen molar-refractivity contribution in [1.29, 1.82) is 0 Å². The largest absolute Gasteiger partial charge is 0.497 e. The number of urea groups is 1. The number of aliphatic carboxylic acids is 1. The van der Waals surface area contributed by atoms with E-state index in [1.165, 1.54) is 0 Å². The molecule has 0 fully saturated rings. The number of carboxylic acid groups (broad SMARTS) is 1. The fourth-order valence-electron chi connectivity index (χ4n) is 2.95. The van der Waals surface area contributed by atoms with Crippen LogP contribution in [0.25, 0.3) is 0 Å². The number of ether oxygens (including phenoxy) is 1. The molecule has 1 aliphatic heterocycles. The normalized spacial score (nSPS) is 18.0. The predicted molar refractivity (Wildman–Crippen MR) is 104 cm³/mol. The highest BCUT2D eigenvalue weighted by Crippen LogP contribution is 2.39. The van der Waals surface area contributed by atoms with E-state index in [1.54, 1.807) is 43.5 Å². The highest BCUT2D eigenvalue weighted by molar-refractivity contribution is 6.35. The molecule has 2 atom stereocenters. The van der Waals surface area contributed by atoms with Crippen molar-refractivity contribution in [2.45, 2.75) is 18.5 Å². The van der Waals surface area contributed by atoms with Crippen LogP contribution in [-0.2, 0) is 4.79 Å². The number of hydrogen-bond donors (Lipinski definition) is 4. The molecule has 7 nitrogen and oxygen atoms in total. The van der Waals surface area contributed by atoms with Gasteiger partial charge in [-0.2, -0.15) is 0 Å². The van der Waals surface area contributed by atoms with Crippen molar-refractivity contribution in [3.8, 4) is 5.75 Å². The van der Waals surface area contributed by atoms with Crippen LogP contribution in [0.1, 0.15) is 18.0 Å². The minimum Gasteiger partial charge on any atom is -0.497 e. The van der Waals surface area contributed by atoms with Crippen molar-refractivity contribution in [2.75, 3.05) is 17.7 Å². The van der Waals surface area contributed by atoms with Crippen molar-refractivity contribution in [1.82, 2.24) is 5.32 Å². The summed E-state index contributed by atoms with van der Waals surface area (Å²) in [5.74, 6) is -0.361. The molecule has 9 heteroatoms. The molecule has 142 valence electrons. The van der Waals surface area contributed by atoms with Crippen LogP contribution in [0.4, 0.5) is 16.2 Å². The van der Waals surface area contributed by atoms with Crippen LogP contribution in [0.2, 0.25) is 10.0 Å². The second kappa shape index (κ2) is 7.94. The molecule has 2 aromatic rings. The van der Waals surface area contributed by atoms with Gasteiger partial charge < -0.3 is 25.8 Å². The molecule has 27 heavy (non-hydrogen) atoms. The van der Waals surface area contributed by atoms with E-state index in [0.29, 0.717) is 32.7 Å². The van der Waals surface area contributed by atoms with E-state index in [-0.39, 0.29) is 6.42 Å². The zero-order chi connectivity index (χ0) is 19.6. The molecule has 0 saturated heterocycles. The van der Waals surface area contributed by atoms with Gasteiger partial charge in [-0.05, 0) is 36.4 Å². The van der Waals surface area contributed by atoms with Crippen molar-refractivity contribution in [2.24, 2.45) is 0 Å². The van der Waals surface area contributed by atoms with Crippen LogP contribution in [0, 0.1) is 0 Å². The number of halogens is 2. The lowest BCUT2D eigenvalue weighted by molar-refractivity contribution is -0.138. The van der Waals surface area contributed by atoms with Crippen LogP contribution >= 0.6 is 23.2 Å². The molecule has 0 unspecified atom stereocenters. The summed E-state index contributed by atoms with van der Waals surface area (Å²) in [4.78, 5) is 23.9. The molecule has 0 aliphatic carbocycles. The van der Waals surface area contributed by atoms with Crippen LogP contribution in [0.15, 0.2) is 36.4 Å². The Morgan fingerprint density at radius 2 is 1.93 bits per heavy atom. The summed E-state index contributed by atoms with van der Waals surface area (Å²) in [6, 6.07) is 8.03. The number of nitrogens with one attached hydrogen (secondary N) is 3. The minimum atomic E-state index is -1.03. The number of carbonyl (C=O) groups excluding carboxylic acids is 1. The summed E-state index contributed by atoms with van der Waals surface area (Å²) in [5.41, 5.74) is 1.66. The Bertz CT molecular complexity index is 874. The number of hydrogen-bond acceptors (Lipinski definition) is 4. The molecule has 0 radical (unpaired) electrons. The number of benzene rings is 2. The quantitative estimate of drug-likeness (QED) is 0.608. The highest BCUT2D eigenvalue weighted by atomic mass is 35.5. The van der Waals surface area contributed by atoms with Crippen molar-refractivity contribution in [3.63, 3.8) is 0 Å². The molecule has 4 N–H and O–H groups in total. The maximum Gasteiger partial charge on any atom is 0.326 e. The van der Waals surface area contributed by atoms with Gasteiger partial charge in [0, 0.05) is 33.4 Å². The molecular weight excluding hydrogens is 393 g/mol. The molecule has 2 aromatic carbocycles. The van der Waals surface area contributed by atoms with E-state index in [0.717, 1.165) is 0 Å². The lowest BCUT2D eigenvalue weighted by Gasteiger charge is -2.32. The number of fused-ring (bicyclic) bond motifs is 1. The van der Waals surface area contributed by atoms with Gasteiger partial charge in [0.25, 0.3) is 0 Å². The third kappa shape index (κ3) is 4.37. The van der Waals surface area contributed by atoms with E-state index in [9.17, 15) is 14.7 Å². The van der Waals surface area contributed by atoms with Gasteiger partial charge in [0.1, 0.15) is 11.8 Å². The Morgan fingerprint density at radius 1 is 1.22 bits per heavy atom. The minimum absolute atomic E-state index is 0.139. The van der Waals surface area contributed by atoms with Gasteiger partial charge in [0.15, 0.2) is 0 Å². The van der Waals surface area contributed by atoms with Gasteiger partial charge in [-0.25, -0.2) is 9.59 Å². The van der Waals surface area contributed by atoms with E-state index < -0.39 is 24.1 Å². The van der Waals surface area contributed by atoms with E-state index >= 15 is 0 Å². The van der Waals surface area contributed by atoms with Gasteiger partial charge in [-0.15, -0.1) is 0 Å². The highest BCUT2D eigenvalue weighted by Gasteiger charge is 2.33. The van der Waals surface area contributed by atoms with E-state index in [4.69, 9.17) is 27.9 Å². The van der Waals surface area contributed by atoms with E-state index in [1.807, 2.05) is 0 Å². The first-order valence-electron chi connectivity index (χ1n) is 8.07. The smallest absolute Gasteiger partial charge is 0.326 e. The number of anilines is 2. The molecule has 0 aromatic heterocycles. The topological polar surface area (TPSA) is 99.7 Å². The Morgan fingerprint density at radius 3 is 2.56 bits per heavy atom.